The van der Waals surface area contributed by atoms with Crippen molar-refractivity contribution >= 4 is 21.4 Å². The summed E-state index contributed by atoms with van der Waals surface area (Å²) in [6, 6.07) is 1.66. The Morgan fingerprint density at radius 1 is 1.45 bits per heavy atom. The summed E-state index contributed by atoms with van der Waals surface area (Å²) in [6.45, 7) is 6.29. The molecule has 0 aliphatic carbocycles. The molecule has 1 fully saturated rings. The van der Waals surface area contributed by atoms with E-state index in [1.807, 2.05) is 0 Å². The van der Waals surface area contributed by atoms with Crippen LogP contribution in [0.25, 0.3) is 0 Å². The Morgan fingerprint density at radius 2 is 2.15 bits per heavy atom. The lowest BCUT2D eigenvalue weighted by molar-refractivity contribution is 0.194. The molecule has 20 heavy (non-hydrogen) atoms. The van der Waals surface area contributed by atoms with Crippen LogP contribution in [0.2, 0.25) is 0 Å². The highest BCUT2D eigenvalue weighted by molar-refractivity contribution is 7.91. The predicted octanol–water partition coefficient (Wildman–Crippen LogP) is 1.22. The number of nitrogens with zero attached hydrogens (tertiary/aromatic N) is 1. The molecule has 1 aromatic heterocycles. The van der Waals surface area contributed by atoms with Crippen LogP contribution in [0, 0.1) is 5.92 Å². The highest BCUT2D eigenvalue weighted by Crippen LogP contribution is 2.21. The van der Waals surface area contributed by atoms with Gasteiger partial charge in [0.05, 0.1) is 0 Å². The summed E-state index contributed by atoms with van der Waals surface area (Å²) in [6.07, 6.45) is 2.13. The second kappa shape index (κ2) is 7.00. The molecule has 1 saturated heterocycles. The molecule has 0 saturated carbocycles. The van der Waals surface area contributed by atoms with Crippen LogP contribution in [0.3, 0.4) is 0 Å². The van der Waals surface area contributed by atoms with E-state index in [0.29, 0.717) is 23.2 Å². The van der Waals surface area contributed by atoms with Gasteiger partial charge in [0.15, 0.2) is 0 Å². The fourth-order valence-corrected chi connectivity index (χ4v) is 4.79. The average Bonchev–Trinajstić information content (AvgIpc) is 2.95. The van der Waals surface area contributed by atoms with Crippen LogP contribution in [0.4, 0.5) is 0 Å². The lowest BCUT2D eigenvalue weighted by atomic mass is 9.97. The molecule has 0 amide bonds. The number of hydrogen-bond donors (Lipinski definition) is 2. The SMILES string of the molecule is CCN1CCC(CNS(=O)(=O)c2cc(CN)cs2)CC1. The van der Waals surface area contributed by atoms with E-state index in [1.54, 1.807) is 11.4 Å². The minimum Gasteiger partial charge on any atom is -0.326 e. The van der Waals surface area contributed by atoms with Crippen LogP contribution in [0.5, 0.6) is 0 Å². The van der Waals surface area contributed by atoms with Crippen molar-refractivity contribution in [3.63, 3.8) is 0 Å². The second-order valence-corrected chi connectivity index (χ2v) is 8.11. The summed E-state index contributed by atoms with van der Waals surface area (Å²) < 4.78 is 27.4. The molecule has 7 heteroatoms. The first-order valence-electron chi connectivity index (χ1n) is 7.04. The second-order valence-electron chi connectivity index (χ2n) is 5.21. The third-order valence-electron chi connectivity index (χ3n) is 3.85. The lowest BCUT2D eigenvalue weighted by Crippen LogP contribution is -2.38. The summed E-state index contributed by atoms with van der Waals surface area (Å²) in [5.41, 5.74) is 6.38. The van der Waals surface area contributed by atoms with Gasteiger partial charge in [-0.05, 0) is 55.4 Å². The summed E-state index contributed by atoms with van der Waals surface area (Å²) in [7, 11) is -3.37. The van der Waals surface area contributed by atoms with E-state index < -0.39 is 10.0 Å². The molecule has 0 radical (unpaired) electrons. The molecule has 1 aliphatic rings. The standard InChI is InChI=1S/C13H23N3O2S2/c1-2-16-5-3-11(4-6-16)9-15-20(17,18)13-7-12(8-14)10-19-13/h7,10-11,15H,2-6,8-9,14H2,1H3. The van der Waals surface area contributed by atoms with Crippen molar-refractivity contribution in [1.29, 1.82) is 0 Å². The quantitative estimate of drug-likeness (QED) is 0.827. The van der Waals surface area contributed by atoms with Gasteiger partial charge in [0.25, 0.3) is 0 Å². The Labute approximate surface area is 125 Å². The van der Waals surface area contributed by atoms with Gasteiger partial charge < -0.3 is 10.6 Å². The first-order valence-corrected chi connectivity index (χ1v) is 9.41. The number of nitrogens with two attached hydrogens (primary N) is 1. The van der Waals surface area contributed by atoms with E-state index in [1.165, 1.54) is 11.3 Å². The summed E-state index contributed by atoms with van der Waals surface area (Å²) in [4.78, 5) is 2.40. The van der Waals surface area contributed by atoms with Gasteiger partial charge in [-0.2, -0.15) is 0 Å². The number of piperidine rings is 1. The molecule has 2 heterocycles. The molecule has 0 aromatic carbocycles. The minimum atomic E-state index is -3.37. The maximum absolute atomic E-state index is 12.2. The Hall–Kier alpha value is -0.470. The monoisotopic (exact) mass is 317 g/mol. The molecule has 0 bridgehead atoms. The summed E-state index contributed by atoms with van der Waals surface area (Å²) in [5.74, 6) is 0.446. The molecule has 0 spiro atoms. The third kappa shape index (κ3) is 4.02. The molecular formula is C13H23N3O2S2. The normalized spacial score (nSPS) is 18.5. The summed E-state index contributed by atoms with van der Waals surface area (Å²) >= 11 is 1.23. The molecule has 0 atom stereocenters. The van der Waals surface area contributed by atoms with Crippen molar-refractivity contribution in [2.45, 2.75) is 30.5 Å². The Balaban J connectivity index is 1.87. The van der Waals surface area contributed by atoms with Crippen LogP contribution in [-0.4, -0.2) is 39.5 Å². The van der Waals surface area contributed by atoms with E-state index >= 15 is 0 Å². The number of rotatable bonds is 6. The molecule has 0 unspecified atom stereocenters. The molecule has 5 nitrogen and oxygen atoms in total. The topological polar surface area (TPSA) is 75.4 Å². The van der Waals surface area contributed by atoms with Crippen molar-refractivity contribution in [3.8, 4) is 0 Å². The molecule has 2 rings (SSSR count). The maximum Gasteiger partial charge on any atom is 0.250 e. The van der Waals surface area contributed by atoms with Crippen LogP contribution in [-0.2, 0) is 16.6 Å². The molecule has 3 N–H and O–H groups in total. The molecular weight excluding hydrogens is 294 g/mol. The van der Waals surface area contributed by atoms with E-state index in [-0.39, 0.29) is 0 Å². The maximum atomic E-state index is 12.2. The van der Waals surface area contributed by atoms with Crippen LogP contribution in [0.15, 0.2) is 15.7 Å². The van der Waals surface area contributed by atoms with E-state index in [4.69, 9.17) is 5.73 Å². The van der Waals surface area contributed by atoms with Gasteiger partial charge in [0.2, 0.25) is 10.0 Å². The highest BCUT2D eigenvalue weighted by Gasteiger charge is 2.22. The summed E-state index contributed by atoms with van der Waals surface area (Å²) in [5, 5.41) is 1.80. The number of sulfonamides is 1. The Morgan fingerprint density at radius 3 is 2.70 bits per heavy atom. The van der Waals surface area contributed by atoms with Gasteiger partial charge in [0.1, 0.15) is 4.21 Å². The lowest BCUT2D eigenvalue weighted by Gasteiger charge is -2.30. The van der Waals surface area contributed by atoms with Gasteiger partial charge >= 0.3 is 0 Å². The van der Waals surface area contributed by atoms with Crippen LogP contribution >= 0.6 is 11.3 Å². The molecule has 114 valence electrons. The van der Waals surface area contributed by atoms with Gasteiger partial charge in [-0.15, -0.1) is 11.3 Å². The molecule has 1 aromatic rings. The van der Waals surface area contributed by atoms with Crippen LogP contribution < -0.4 is 10.5 Å². The zero-order valence-corrected chi connectivity index (χ0v) is 13.5. The van der Waals surface area contributed by atoms with E-state index in [0.717, 1.165) is 38.0 Å². The molecule has 1 aliphatic heterocycles. The van der Waals surface area contributed by atoms with Gasteiger partial charge in [-0.25, -0.2) is 13.1 Å². The first kappa shape index (κ1) is 15.9. The van der Waals surface area contributed by atoms with Gasteiger partial charge in [-0.1, -0.05) is 6.92 Å². The van der Waals surface area contributed by atoms with Crippen LogP contribution in [0.1, 0.15) is 25.3 Å². The van der Waals surface area contributed by atoms with Crippen molar-refractivity contribution in [2.24, 2.45) is 11.7 Å². The smallest absolute Gasteiger partial charge is 0.250 e. The number of nitrogens with one attached hydrogen (secondary N) is 1. The number of hydrogen-bond acceptors (Lipinski definition) is 5. The average molecular weight is 317 g/mol. The Bertz CT molecular complexity index is 519. The first-order chi connectivity index (χ1) is 9.55. The van der Waals surface area contributed by atoms with Crippen molar-refractivity contribution in [1.82, 2.24) is 9.62 Å². The number of thiophene rings is 1. The number of likely N-dealkylation sites (tertiary alicyclic amines) is 1. The van der Waals surface area contributed by atoms with Crippen molar-refractivity contribution in [3.05, 3.63) is 17.0 Å². The van der Waals surface area contributed by atoms with Gasteiger partial charge in [-0.3, -0.25) is 0 Å². The van der Waals surface area contributed by atoms with E-state index in [9.17, 15) is 8.42 Å². The third-order valence-corrected chi connectivity index (χ3v) is 6.76. The zero-order chi connectivity index (χ0) is 14.6. The fourth-order valence-electron chi connectivity index (χ4n) is 2.41. The minimum absolute atomic E-state index is 0.365. The fraction of sp³-hybridized carbons (Fsp3) is 0.692. The van der Waals surface area contributed by atoms with E-state index in [2.05, 4.69) is 16.5 Å². The van der Waals surface area contributed by atoms with Crippen molar-refractivity contribution < 1.29 is 8.42 Å². The zero-order valence-electron chi connectivity index (χ0n) is 11.8. The predicted molar refractivity (Wildman–Crippen MR) is 82.2 cm³/mol. The Kier molecular flexibility index (Phi) is 5.57. The largest absolute Gasteiger partial charge is 0.326 e. The van der Waals surface area contributed by atoms with Crippen molar-refractivity contribution in [2.75, 3.05) is 26.2 Å². The highest BCUT2D eigenvalue weighted by atomic mass is 32.2. The van der Waals surface area contributed by atoms with Gasteiger partial charge in [0, 0.05) is 13.1 Å².